The smallest absolute Gasteiger partial charge is 0.282 e. The van der Waals surface area contributed by atoms with Crippen LogP contribution in [0.15, 0.2) is 40.6 Å². The van der Waals surface area contributed by atoms with Crippen molar-refractivity contribution >= 4 is 44.1 Å². The van der Waals surface area contributed by atoms with E-state index >= 15 is 4.39 Å². The van der Waals surface area contributed by atoms with Gasteiger partial charge in [-0.1, -0.05) is 0 Å². The Hall–Kier alpha value is -3.97. The topological polar surface area (TPSA) is 153 Å². The van der Waals surface area contributed by atoms with Crippen LogP contribution in [0.1, 0.15) is 31.3 Å². The van der Waals surface area contributed by atoms with Crippen molar-refractivity contribution in [2.24, 2.45) is 5.73 Å². The first-order valence-electron chi connectivity index (χ1n) is 10.6. The molecule has 1 aliphatic rings. The van der Waals surface area contributed by atoms with Crippen molar-refractivity contribution in [3.05, 3.63) is 73.7 Å². The lowest BCUT2D eigenvalue weighted by atomic mass is 10.00. The van der Waals surface area contributed by atoms with Gasteiger partial charge >= 0.3 is 0 Å². The van der Waals surface area contributed by atoms with Crippen LogP contribution in [0.5, 0.6) is 5.75 Å². The molecule has 0 spiro atoms. The molecule has 4 N–H and O–H groups in total. The number of ether oxygens (including phenoxy) is 1. The molecular weight excluding hydrogens is 511 g/mol. The number of aromatic nitrogens is 2. The minimum atomic E-state index is -4.00. The van der Waals surface area contributed by atoms with Crippen LogP contribution in [0.2, 0.25) is 0 Å². The number of nitrogens with two attached hydrogens (primary N) is 1. The van der Waals surface area contributed by atoms with Gasteiger partial charge in [0, 0.05) is 30.3 Å². The van der Waals surface area contributed by atoms with E-state index in [-0.39, 0.29) is 46.1 Å². The third-order valence-electron chi connectivity index (χ3n) is 5.77. The van der Waals surface area contributed by atoms with Crippen LogP contribution < -0.4 is 20.8 Å². The first-order chi connectivity index (χ1) is 17.0. The molecule has 2 amide bonds. The molecule has 0 saturated heterocycles. The van der Waals surface area contributed by atoms with Crippen molar-refractivity contribution in [1.29, 1.82) is 0 Å². The van der Waals surface area contributed by atoms with Crippen molar-refractivity contribution in [1.82, 2.24) is 14.3 Å². The van der Waals surface area contributed by atoms with E-state index in [1.807, 2.05) is 4.72 Å². The molecule has 13 heteroatoms. The van der Waals surface area contributed by atoms with Crippen LogP contribution in [-0.4, -0.2) is 42.6 Å². The van der Waals surface area contributed by atoms with Crippen molar-refractivity contribution < 1.29 is 27.1 Å². The maximum atomic E-state index is 15.1. The molecule has 1 aliphatic heterocycles. The third kappa shape index (κ3) is 4.05. The predicted molar refractivity (Wildman–Crippen MR) is 131 cm³/mol. The lowest BCUT2D eigenvalue weighted by Gasteiger charge is -2.11. The van der Waals surface area contributed by atoms with E-state index in [1.165, 1.54) is 29.0 Å². The molecule has 5 rings (SSSR count). The van der Waals surface area contributed by atoms with E-state index in [0.29, 0.717) is 22.9 Å². The second-order valence-electron chi connectivity index (χ2n) is 8.27. The Labute approximate surface area is 207 Å². The van der Waals surface area contributed by atoms with Gasteiger partial charge in [0.05, 0.1) is 34.2 Å². The monoisotopic (exact) mass is 530 g/mol. The van der Waals surface area contributed by atoms with Gasteiger partial charge in [-0.2, -0.15) is 0 Å². The van der Waals surface area contributed by atoms with Crippen LogP contribution in [0.25, 0.3) is 22.0 Å². The number of primary amides is 1. The lowest BCUT2D eigenvalue weighted by molar-refractivity contribution is 0.0971. The molecule has 1 aromatic carbocycles. The predicted octanol–water partition coefficient (Wildman–Crippen LogP) is 1.97. The summed E-state index contributed by atoms with van der Waals surface area (Å²) < 4.78 is 48.2. The van der Waals surface area contributed by atoms with Crippen LogP contribution in [-0.2, 0) is 23.0 Å². The fourth-order valence-corrected chi connectivity index (χ4v) is 5.59. The van der Waals surface area contributed by atoms with Crippen molar-refractivity contribution in [3.63, 3.8) is 0 Å². The normalized spacial score (nSPS) is 12.9. The number of nitrogens with one attached hydrogen (secondary N) is 2. The summed E-state index contributed by atoms with van der Waals surface area (Å²) >= 11 is 1.10. The Kier molecular flexibility index (Phi) is 5.68. The quantitative estimate of drug-likeness (QED) is 0.346. The number of amides is 2. The molecule has 186 valence electrons. The highest BCUT2D eigenvalue weighted by molar-refractivity contribution is 7.89. The zero-order valence-electron chi connectivity index (χ0n) is 18.8. The van der Waals surface area contributed by atoms with Gasteiger partial charge in [-0.15, -0.1) is 11.3 Å². The molecule has 0 fully saturated rings. The number of rotatable bonds is 6. The van der Waals surface area contributed by atoms with E-state index in [2.05, 4.69) is 4.98 Å². The zero-order valence-corrected chi connectivity index (χ0v) is 20.4. The molecule has 0 atom stereocenters. The SMILES string of the molecule is CS(=O)(=O)NC(=O)c1c(-c2ccc[nH]c2=O)c2c3c(c(F)cc2n1Cc1csc(C(N)=O)c1)CCO3. The molecule has 0 unspecified atom stereocenters. The van der Waals surface area contributed by atoms with Gasteiger partial charge in [-0.25, -0.2) is 17.5 Å². The zero-order chi connectivity index (χ0) is 25.8. The summed E-state index contributed by atoms with van der Waals surface area (Å²) in [5.74, 6) is -2.00. The fourth-order valence-electron chi connectivity index (χ4n) is 4.40. The highest BCUT2D eigenvalue weighted by Crippen LogP contribution is 2.44. The number of carbonyl (C=O) groups excluding carboxylic acids is 2. The summed E-state index contributed by atoms with van der Waals surface area (Å²) in [6.07, 6.45) is 2.54. The number of aromatic amines is 1. The Morgan fingerprint density at radius 3 is 2.78 bits per heavy atom. The maximum Gasteiger partial charge on any atom is 0.282 e. The van der Waals surface area contributed by atoms with Crippen LogP contribution >= 0.6 is 11.3 Å². The van der Waals surface area contributed by atoms with Gasteiger partial charge in [0.1, 0.15) is 17.3 Å². The fraction of sp³-hybridized carbons (Fsp3) is 0.174. The Balaban J connectivity index is 1.89. The third-order valence-corrected chi connectivity index (χ3v) is 7.32. The van der Waals surface area contributed by atoms with Gasteiger partial charge in [0.25, 0.3) is 17.4 Å². The van der Waals surface area contributed by atoms with E-state index in [4.69, 9.17) is 10.5 Å². The number of pyridine rings is 1. The second kappa shape index (κ2) is 8.60. The highest BCUT2D eigenvalue weighted by atomic mass is 32.2. The number of hydrogen-bond acceptors (Lipinski definition) is 7. The van der Waals surface area contributed by atoms with Gasteiger partial charge in [0.2, 0.25) is 10.0 Å². The summed E-state index contributed by atoms with van der Waals surface area (Å²) in [7, 11) is -4.00. The average molecular weight is 531 g/mol. The summed E-state index contributed by atoms with van der Waals surface area (Å²) in [6.45, 7) is 0.161. The second-order valence-corrected chi connectivity index (χ2v) is 10.9. The van der Waals surface area contributed by atoms with Gasteiger partial charge in [-0.05, 0) is 35.2 Å². The standard InChI is InChI=1S/C23H19FN4O6S2/c1-36(32,33)27-23(31)19-17(13-3-2-5-26-22(13)30)18-15(8-14(24)12-4-6-34-20(12)18)28(19)9-11-7-16(21(25)29)35-10-11/h2-3,5,7-8,10H,4,6,9H2,1H3,(H2,25,29)(H,26,30)(H,27,31). The summed E-state index contributed by atoms with van der Waals surface area (Å²) in [5, 5.41) is 1.96. The first kappa shape index (κ1) is 23.8. The molecule has 0 saturated carbocycles. The minimum absolute atomic E-state index is 0.0459. The first-order valence-corrected chi connectivity index (χ1v) is 13.4. The molecule has 0 bridgehead atoms. The molecule has 0 aliphatic carbocycles. The molecule has 3 aromatic heterocycles. The van der Waals surface area contributed by atoms with Crippen molar-refractivity contribution in [3.8, 4) is 16.9 Å². The van der Waals surface area contributed by atoms with Crippen LogP contribution in [0, 0.1) is 5.82 Å². The molecule has 4 aromatic rings. The molecular formula is C23H19FN4O6S2. The van der Waals surface area contributed by atoms with Gasteiger partial charge in [-0.3, -0.25) is 14.4 Å². The molecule has 4 heterocycles. The molecule has 36 heavy (non-hydrogen) atoms. The van der Waals surface area contributed by atoms with Crippen LogP contribution in [0.4, 0.5) is 4.39 Å². The van der Waals surface area contributed by atoms with E-state index in [1.54, 1.807) is 11.4 Å². The number of H-pyrrole nitrogens is 1. The van der Waals surface area contributed by atoms with E-state index < -0.39 is 33.2 Å². The number of halogens is 1. The molecule has 0 radical (unpaired) electrons. The lowest BCUT2D eigenvalue weighted by Crippen LogP contribution is -2.31. The summed E-state index contributed by atoms with van der Waals surface area (Å²) in [6, 6.07) is 5.81. The Morgan fingerprint density at radius 2 is 2.11 bits per heavy atom. The number of nitrogens with zero attached hydrogens (tertiary/aromatic N) is 1. The van der Waals surface area contributed by atoms with Crippen molar-refractivity contribution in [2.75, 3.05) is 12.9 Å². The Bertz CT molecular complexity index is 1740. The maximum absolute atomic E-state index is 15.1. The minimum Gasteiger partial charge on any atom is -0.492 e. The largest absolute Gasteiger partial charge is 0.492 e. The van der Waals surface area contributed by atoms with Crippen LogP contribution in [0.3, 0.4) is 0 Å². The number of benzene rings is 1. The highest BCUT2D eigenvalue weighted by Gasteiger charge is 2.32. The summed E-state index contributed by atoms with van der Waals surface area (Å²) in [5.41, 5.74) is 5.92. The van der Waals surface area contributed by atoms with E-state index in [0.717, 1.165) is 17.6 Å². The van der Waals surface area contributed by atoms with Gasteiger partial charge < -0.3 is 20.0 Å². The number of carbonyl (C=O) groups is 2. The Morgan fingerprint density at radius 1 is 1.33 bits per heavy atom. The van der Waals surface area contributed by atoms with E-state index in [9.17, 15) is 22.8 Å². The number of thiophene rings is 1. The number of fused-ring (bicyclic) bond motifs is 3. The van der Waals surface area contributed by atoms with Gasteiger partial charge in [0.15, 0.2) is 0 Å². The molecule has 10 nitrogen and oxygen atoms in total. The van der Waals surface area contributed by atoms with Crippen molar-refractivity contribution in [2.45, 2.75) is 13.0 Å². The number of hydrogen-bond donors (Lipinski definition) is 3. The number of sulfonamides is 1. The summed E-state index contributed by atoms with van der Waals surface area (Å²) in [4.78, 5) is 40.7. The average Bonchev–Trinajstić information content (AvgIpc) is 3.51.